The van der Waals surface area contributed by atoms with Crippen LogP contribution in [-0.2, 0) is 6.42 Å². The second-order valence-electron chi connectivity index (χ2n) is 7.26. The highest BCUT2D eigenvalue weighted by Gasteiger charge is 2.46. The summed E-state index contributed by atoms with van der Waals surface area (Å²) in [5, 5.41) is 10.8. The van der Waals surface area contributed by atoms with Crippen LogP contribution in [-0.4, -0.2) is 23.1 Å². The van der Waals surface area contributed by atoms with Crippen LogP contribution in [0, 0.1) is 16.7 Å². The Morgan fingerprint density at radius 2 is 2.00 bits per heavy atom. The van der Waals surface area contributed by atoms with Gasteiger partial charge in [-0.2, -0.15) is 5.26 Å². The molecule has 0 bridgehead atoms. The summed E-state index contributed by atoms with van der Waals surface area (Å²) >= 11 is 0. The van der Waals surface area contributed by atoms with Crippen LogP contribution in [0.4, 0.5) is 0 Å². The van der Waals surface area contributed by atoms with Crippen LogP contribution in [0.15, 0.2) is 30.3 Å². The SMILES string of the molecule is CCC1(CC)C=C(CC#N)n2c3c(c4ccccc42)CCN(C)[C@H]31. The third-order valence-corrected chi connectivity index (χ3v) is 6.30. The Balaban J connectivity index is 2.11. The van der Waals surface area contributed by atoms with Gasteiger partial charge < -0.3 is 4.57 Å². The van der Waals surface area contributed by atoms with E-state index >= 15 is 0 Å². The van der Waals surface area contributed by atoms with Crippen molar-refractivity contribution in [2.45, 2.75) is 45.6 Å². The van der Waals surface area contributed by atoms with Crippen LogP contribution in [0.2, 0.25) is 0 Å². The minimum atomic E-state index is 0.125. The molecule has 2 aromatic rings. The molecule has 1 aromatic carbocycles. The molecule has 24 heavy (non-hydrogen) atoms. The van der Waals surface area contributed by atoms with Crippen molar-refractivity contribution in [3.63, 3.8) is 0 Å². The molecule has 2 aliphatic heterocycles. The number of aromatic nitrogens is 1. The lowest BCUT2D eigenvalue weighted by molar-refractivity contribution is 0.0938. The van der Waals surface area contributed by atoms with E-state index in [1.165, 1.54) is 27.9 Å². The fourth-order valence-corrected chi connectivity index (χ4v) is 5.05. The zero-order valence-corrected chi connectivity index (χ0v) is 14.8. The molecular formula is C21H25N3. The molecule has 0 spiro atoms. The third-order valence-electron chi connectivity index (χ3n) is 6.30. The van der Waals surface area contributed by atoms with E-state index in [-0.39, 0.29) is 5.41 Å². The van der Waals surface area contributed by atoms with Crippen molar-refractivity contribution in [2.24, 2.45) is 5.41 Å². The molecule has 1 atom stereocenters. The Labute approximate surface area is 144 Å². The molecule has 0 radical (unpaired) electrons. The highest BCUT2D eigenvalue weighted by Crippen LogP contribution is 2.54. The highest BCUT2D eigenvalue weighted by atomic mass is 15.2. The van der Waals surface area contributed by atoms with Crippen molar-refractivity contribution < 1.29 is 0 Å². The van der Waals surface area contributed by atoms with Crippen molar-refractivity contribution in [1.82, 2.24) is 9.47 Å². The van der Waals surface area contributed by atoms with Gasteiger partial charge in [0, 0.05) is 28.7 Å². The Kier molecular flexibility index (Phi) is 3.54. The summed E-state index contributed by atoms with van der Waals surface area (Å²) in [5.74, 6) is 0. The Morgan fingerprint density at radius 3 is 2.71 bits per heavy atom. The number of hydrogen-bond donors (Lipinski definition) is 0. The van der Waals surface area contributed by atoms with Gasteiger partial charge in [-0.05, 0) is 37.9 Å². The monoisotopic (exact) mass is 319 g/mol. The smallest absolute Gasteiger partial charge is 0.0755 e. The molecule has 0 N–H and O–H groups in total. The van der Waals surface area contributed by atoms with Crippen LogP contribution in [0.25, 0.3) is 16.6 Å². The van der Waals surface area contributed by atoms with Crippen molar-refractivity contribution in [1.29, 1.82) is 5.26 Å². The number of hydrogen-bond acceptors (Lipinski definition) is 2. The molecule has 2 aliphatic rings. The second kappa shape index (κ2) is 5.50. The number of likely N-dealkylation sites (N-methyl/N-ethyl adjacent to an activating group) is 1. The van der Waals surface area contributed by atoms with Gasteiger partial charge in [0.2, 0.25) is 0 Å². The summed E-state index contributed by atoms with van der Waals surface area (Å²) in [4.78, 5) is 2.53. The minimum absolute atomic E-state index is 0.125. The first-order chi connectivity index (χ1) is 11.7. The highest BCUT2D eigenvalue weighted by molar-refractivity contribution is 5.90. The fraction of sp³-hybridized carbons (Fsp3) is 0.476. The summed E-state index contributed by atoms with van der Waals surface area (Å²) in [6.45, 7) is 5.70. The van der Waals surface area contributed by atoms with Crippen LogP contribution in [0.1, 0.15) is 50.4 Å². The van der Waals surface area contributed by atoms with Gasteiger partial charge in [-0.15, -0.1) is 0 Å². The molecule has 3 heterocycles. The van der Waals surface area contributed by atoms with E-state index in [9.17, 15) is 5.26 Å². The molecule has 0 amide bonds. The van der Waals surface area contributed by atoms with Crippen LogP contribution in [0.3, 0.4) is 0 Å². The van der Waals surface area contributed by atoms with Crippen LogP contribution >= 0.6 is 0 Å². The first kappa shape index (κ1) is 15.5. The fourth-order valence-electron chi connectivity index (χ4n) is 5.05. The van der Waals surface area contributed by atoms with E-state index in [0.29, 0.717) is 12.5 Å². The molecule has 0 unspecified atom stereocenters. The predicted molar refractivity (Wildman–Crippen MR) is 98.5 cm³/mol. The van der Waals surface area contributed by atoms with Gasteiger partial charge in [0.1, 0.15) is 0 Å². The van der Waals surface area contributed by atoms with E-state index in [1.54, 1.807) is 0 Å². The number of rotatable bonds is 3. The van der Waals surface area contributed by atoms with Crippen molar-refractivity contribution in [2.75, 3.05) is 13.6 Å². The number of benzene rings is 1. The lowest BCUT2D eigenvalue weighted by Gasteiger charge is -2.49. The molecule has 3 nitrogen and oxygen atoms in total. The third kappa shape index (κ3) is 1.87. The minimum Gasteiger partial charge on any atom is -0.315 e. The lowest BCUT2D eigenvalue weighted by Crippen LogP contribution is -2.45. The van der Waals surface area contributed by atoms with Gasteiger partial charge in [0.05, 0.1) is 24.0 Å². The number of nitriles is 1. The van der Waals surface area contributed by atoms with Gasteiger partial charge in [-0.3, -0.25) is 4.90 Å². The summed E-state index contributed by atoms with van der Waals surface area (Å²) < 4.78 is 2.40. The lowest BCUT2D eigenvalue weighted by atomic mass is 9.69. The van der Waals surface area contributed by atoms with Crippen LogP contribution < -0.4 is 0 Å². The standard InChI is InChI=1S/C21H25N3/c1-4-21(5-2)14-15(10-12-22)24-18-9-7-6-8-16(18)17-11-13-23(3)20(21)19(17)24/h6-9,14,20H,4-5,10-11,13H2,1-3H3/t20-/m1/s1. The van der Waals surface area contributed by atoms with Crippen molar-refractivity contribution in [3.8, 4) is 6.07 Å². The topological polar surface area (TPSA) is 32.0 Å². The number of para-hydroxylation sites is 1. The zero-order valence-electron chi connectivity index (χ0n) is 14.8. The summed E-state index contributed by atoms with van der Waals surface area (Å²) in [5.41, 5.74) is 5.51. The molecule has 4 rings (SSSR count). The van der Waals surface area contributed by atoms with E-state index in [0.717, 1.165) is 25.8 Å². The molecule has 3 heteroatoms. The normalized spacial score (nSPS) is 22.1. The molecular weight excluding hydrogens is 294 g/mol. The van der Waals surface area contributed by atoms with E-state index in [1.807, 2.05) is 0 Å². The first-order valence-corrected chi connectivity index (χ1v) is 9.08. The zero-order chi connectivity index (χ0) is 16.9. The summed E-state index contributed by atoms with van der Waals surface area (Å²) in [7, 11) is 2.26. The molecule has 0 aliphatic carbocycles. The Morgan fingerprint density at radius 1 is 1.25 bits per heavy atom. The summed E-state index contributed by atoms with van der Waals surface area (Å²) in [6.07, 6.45) is 6.21. The van der Waals surface area contributed by atoms with E-state index in [4.69, 9.17) is 0 Å². The van der Waals surface area contributed by atoms with Gasteiger partial charge in [0.15, 0.2) is 0 Å². The van der Waals surface area contributed by atoms with Gasteiger partial charge in [0.25, 0.3) is 0 Å². The first-order valence-electron chi connectivity index (χ1n) is 9.08. The Bertz CT molecular complexity index is 861. The molecule has 0 fully saturated rings. The largest absolute Gasteiger partial charge is 0.315 e. The van der Waals surface area contributed by atoms with Gasteiger partial charge in [-0.1, -0.05) is 38.1 Å². The Hall–Kier alpha value is -2.05. The number of allylic oxidation sites excluding steroid dienone is 1. The maximum Gasteiger partial charge on any atom is 0.0755 e. The van der Waals surface area contributed by atoms with Gasteiger partial charge >= 0.3 is 0 Å². The molecule has 0 saturated heterocycles. The van der Waals surface area contributed by atoms with E-state index in [2.05, 4.69) is 66.8 Å². The maximum atomic E-state index is 9.41. The maximum absolute atomic E-state index is 9.41. The number of fused-ring (bicyclic) bond motifs is 3. The van der Waals surface area contributed by atoms with Crippen molar-refractivity contribution in [3.05, 3.63) is 41.6 Å². The second-order valence-corrected chi connectivity index (χ2v) is 7.26. The average molecular weight is 319 g/mol. The van der Waals surface area contributed by atoms with Gasteiger partial charge in [-0.25, -0.2) is 0 Å². The summed E-state index contributed by atoms with van der Waals surface area (Å²) in [6, 6.07) is 11.5. The predicted octanol–water partition coefficient (Wildman–Crippen LogP) is 4.74. The van der Waals surface area contributed by atoms with Crippen molar-refractivity contribution >= 4 is 16.6 Å². The van der Waals surface area contributed by atoms with E-state index < -0.39 is 0 Å². The molecule has 0 saturated carbocycles. The number of nitrogens with zero attached hydrogens (tertiary/aromatic N) is 3. The quantitative estimate of drug-likeness (QED) is 0.818. The van der Waals surface area contributed by atoms with Crippen LogP contribution in [0.5, 0.6) is 0 Å². The average Bonchev–Trinajstić information content (AvgIpc) is 2.94. The molecule has 1 aromatic heterocycles. The molecule has 124 valence electrons.